The molecule has 2 amide bonds. The van der Waals surface area contributed by atoms with Crippen LogP contribution < -0.4 is 16.4 Å². The summed E-state index contributed by atoms with van der Waals surface area (Å²) >= 11 is 0. The fourth-order valence-corrected chi connectivity index (χ4v) is 2.03. The van der Waals surface area contributed by atoms with Crippen molar-refractivity contribution in [2.75, 3.05) is 18.4 Å². The number of hydrogen-bond donors (Lipinski definition) is 3. The first-order chi connectivity index (χ1) is 8.65. The van der Waals surface area contributed by atoms with Gasteiger partial charge in [0.05, 0.1) is 12.3 Å². The third-order valence-electron chi connectivity index (χ3n) is 3.03. The first-order valence-electron chi connectivity index (χ1n) is 6.04. The number of amides is 2. The lowest BCUT2D eigenvalue weighted by Gasteiger charge is -2.10. The van der Waals surface area contributed by atoms with Gasteiger partial charge in [0, 0.05) is 12.2 Å². The highest BCUT2D eigenvalue weighted by molar-refractivity contribution is 5.93. The minimum absolute atomic E-state index is 0.0441. The van der Waals surface area contributed by atoms with Crippen molar-refractivity contribution >= 4 is 17.5 Å². The number of nitrogens with one attached hydrogen (secondary N) is 2. The van der Waals surface area contributed by atoms with E-state index in [1.165, 1.54) is 0 Å². The van der Waals surface area contributed by atoms with Crippen LogP contribution in [0.3, 0.4) is 0 Å². The van der Waals surface area contributed by atoms with Crippen molar-refractivity contribution < 1.29 is 9.59 Å². The highest BCUT2D eigenvalue weighted by atomic mass is 16.2. The smallest absolute Gasteiger partial charge is 0.228 e. The molecule has 18 heavy (non-hydrogen) atoms. The molecule has 1 aliphatic heterocycles. The van der Waals surface area contributed by atoms with Crippen LogP contribution in [0.1, 0.15) is 12.0 Å². The maximum absolute atomic E-state index is 11.9. The maximum Gasteiger partial charge on any atom is 0.228 e. The van der Waals surface area contributed by atoms with Gasteiger partial charge in [0.25, 0.3) is 0 Å². The number of hydrogen-bond acceptors (Lipinski definition) is 3. The molecule has 0 spiro atoms. The average molecular weight is 247 g/mol. The Hall–Kier alpha value is -1.88. The third kappa shape index (κ3) is 3.30. The number of rotatable bonds is 4. The van der Waals surface area contributed by atoms with Gasteiger partial charge in [0.15, 0.2) is 0 Å². The quantitative estimate of drug-likeness (QED) is 0.713. The van der Waals surface area contributed by atoms with E-state index >= 15 is 0 Å². The van der Waals surface area contributed by atoms with E-state index in [1.54, 1.807) is 24.3 Å². The Bertz CT molecular complexity index is 436. The summed E-state index contributed by atoms with van der Waals surface area (Å²) in [6, 6.07) is 7.18. The molecule has 5 nitrogen and oxygen atoms in total. The molecule has 1 saturated heterocycles. The summed E-state index contributed by atoms with van der Waals surface area (Å²) < 4.78 is 0. The van der Waals surface area contributed by atoms with Crippen LogP contribution in [0, 0.1) is 5.92 Å². The highest BCUT2D eigenvalue weighted by Gasteiger charge is 2.22. The van der Waals surface area contributed by atoms with E-state index in [0.717, 1.165) is 30.8 Å². The van der Waals surface area contributed by atoms with E-state index in [-0.39, 0.29) is 24.2 Å². The Morgan fingerprint density at radius 2 is 2.06 bits per heavy atom. The zero-order valence-corrected chi connectivity index (χ0v) is 10.1. The van der Waals surface area contributed by atoms with Gasteiger partial charge in [0.1, 0.15) is 0 Å². The third-order valence-corrected chi connectivity index (χ3v) is 3.03. The number of nitrogens with two attached hydrogens (primary N) is 1. The Kier molecular flexibility index (Phi) is 3.94. The van der Waals surface area contributed by atoms with Gasteiger partial charge in [-0.15, -0.1) is 0 Å². The summed E-state index contributed by atoms with van der Waals surface area (Å²) in [4.78, 5) is 22.6. The number of carbonyl (C=O) groups excluding carboxylic acids is 2. The van der Waals surface area contributed by atoms with Crippen molar-refractivity contribution in [3.63, 3.8) is 0 Å². The molecule has 1 aromatic rings. The monoisotopic (exact) mass is 247 g/mol. The van der Waals surface area contributed by atoms with Gasteiger partial charge in [-0.25, -0.2) is 0 Å². The van der Waals surface area contributed by atoms with Crippen LogP contribution in [-0.4, -0.2) is 24.9 Å². The van der Waals surface area contributed by atoms with Crippen LogP contribution in [0.5, 0.6) is 0 Å². The summed E-state index contributed by atoms with van der Waals surface area (Å²) in [6.45, 7) is 1.64. The van der Waals surface area contributed by atoms with E-state index in [1.807, 2.05) is 0 Å². The normalized spacial score (nSPS) is 18.6. The molecule has 1 atom stereocenters. The molecule has 2 rings (SSSR count). The minimum atomic E-state index is -0.358. The van der Waals surface area contributed by atoms with Gasteiger partial charge in [-0.05, 0) is 30.7 Å². The molecule has 5 heteroatoms. The van der Waals surface area contributed by atoms with Gasteiger partial charge in [-0.1, -0.05) is 12.1 Å². The summed E-state index contributed by atoms with van der Waals surface area (Å²) in [5.41, 5.74) is 6.71. The SMILES string of the molecule is NC(=O)Cc1ccc(NC(=O)C2CCNC2)cc1. The first-order valence-corrected chi connectivity index (χ1v) is 6.04. The predicted molar refractivity (Wildman–Crippen MR) is 68.9 cm³/mol. The minimum Gasteiger partial charge on any atom is -0.369 e. The van der Waals surface area contributed by atoms with Crippen molar-refractivity contribution in [1.82, 2.24) is 5.32 Å². The second kappa shape index (κ2) is 5.64. The van der Waals surface area contributed by atoms with Crippen LogP contribution in [0.15, 0.2) is 24.3 Å². The summed E-state index contributed by atoms with van der Waals surface area (Å²) in [5, 5.41) is 6.03. The molecule has 1 aromatic carbocycles. The van der Waals surface area contributed by atoms with Crippen LogP contribution in [0.4, 0.5) is 5.69 Å². The predicted octanol–water partition coefficient (Wildman–Crippen LogP) is 0.262. The fraction of sp³-hybridized carbons (Fsp3) is 0.385. The van der Waals surface area contributed by atoms with Gasteiger partial charge in [-0.2, -0.15) is 0 Å². The zero-order chi connectivity index (χ0) is 13.0. The number of anilines is 1. The van der Waals surface area contributed by atoms with Gasteiger partial charge in [-0.3, -0.25) is 9.59 Å². The topological polar surface area (TPSA) is 84.2 Å². The summed E-state index contributed by atoms with van der Waals surface area (Å²) in [6.07, 6.45) is 1.10. The van der Waals surface area contributed by atoms with Crippen LogP contribution in [0.25, 0.3) is 0 Å². The van der Waals surface area contributed by atoms with Gasteiger partial charge < -0.3 is 16.4 Å². The molecule has 1 unspecified atom stereocenters. The van der Waals surface area contributed by atoms with Crippen molar-refractivity contribution in [2.24, 2.45) is 11.7 Å². The molecule has 4 N–H and O–H groups in total. The lowest BCUT2D eigenvalue weighted by atomic mass is 10.1. The summed E-state index contributed by atoms with van der Waals surface area (Å²) in [5.74, 6) is -0.262. The maximum atomic E-state index is 11.9. The van der Waals surface area contributed by atoms with Crippen LogP contribution in [0.2, 0.25) is 0 Å². The van der Waals surface area contributed by atoms with E-state index in [0.29, 0.717) is 0 Å². The Morgan fingerprint density at radius 3 is 2.61 bits per heavy atom. The molecular weight excluding hydrogens is 230 g/mol. The second-order valence-corrected chi connectivity index (χ2v) is 4.52. The van der Waals surface area contributed by atoms with E-state index in [9.17, 15) is 9.59 Å². The standard InChI is InChI=1S/C13H17N3O2/c14-12(17)7-9-1-3-11(4-2-9)16-13(18)10-5-6-15-8-10/h1-4,10,15H,5-8H2,(H2,14,17)(H,16,18). The molecule has 1 aliphatic rings. The Morgan fingerprint density at radius 1 is 1.33 bits per heavy atom. The molecular formula is C13H17N3O2. The Labute approximate surface area is 106 Å². The van der Waals surface area contributed by atoms with Crippen molar-refractivity contribution in [3.05, 3.63) is 29.8 Å². The molecule has 1 heterocycles. The number of carbonyl (C=O) groups is 2. The molecule has 0 bridgehead atoms. The Balaban J connectivity index is 1.93. The lowest BCUT2D eigenvalue weighted by Crippen LogP contribution is -2.24. The molecule has 0 saturated carbocycles. The van der Waals surface area contributed by atoms with Crippen molar-refractivity contribution in [1.29, 1.82) is 0 Å². The molecule has 0 radical (unpaired) electrons. The number of primary amides is 1. The van der Waals surface area contributed by atoms with Gasteiger partial charge >= 0.3 is 0 Å². The molecule has 96 valence electrons. The highest BCUT2D eigenvalue weighted by Crippen LogP contribution is 2.14. The lowest BCUT2D eigenvalue weighted by molar-refractivity contribution is -0.119. The molecule has 0 aliphatic carbocycles. The second-order valence-electron chi connectivity index (χ2n) is 4.52. The largest absolute Gasteiger partial charge is 0.369 e. The van der Waals surface area contributed by atoms with E-state index in [2.05, 4.69) is 10.6 Å². The van der Waals surface area contributed by atoms with Gasteiger partial charge in [0.2, 0.25) is 11.8 Å². The average Bonchev–Trinajstić information content (AvgIpc) is 2.84. The van der Waals surface area contributed by atoms with Crippen LogP contribution in [-0.2, 0) is 16.0 Å². The van der Waals surface area contributed by atoms with E-state index < -0.39 is 0 Å². The van der Waals surface area contributed by atoms with E-state index in [4.69, 9.17) is 5.73 Å². The van der Waals surface area contributed by atoms with Crippen LogP contribution >= 0.6 is 0 Å². The van der Waals surface area contributed by atoms with Crippen molar-refractivity contribution in [2.45, 2.75) is 12.8 Å². The fourth-order valence-electron chi connectivity index (χ4n) is 2.03. The van der Waals surface area contributed by atoms with Crippen molar-refractivity contribution in [3.8, 4) is 0 Å². The zero-order valence-electron chi connectivity index (χ0n) is 10.1. The first kappa shape index (κ1) is 12.6. The number of benzene rings is 1. The molecule has 0 aromatic heterocycles. The molecule has 1 fully saturated rings. The summed E-state index contributed by atoms with van der Waals surface area (Å²) in [7, 11) is 0.